The molecule has 3 heterocycles. The molecule has 0 aliphatic carbocycles. The van der Waals surface area contributed by atoms with E-state index in [9.17, 15) is 18.7 Å². The van der Waals surface area contributed by atoms with E-state index in [1.165, 1.54) is 6.07 Å². The predicted molar refractivity (Wildman–Crippen MR) is 119 cm³/mol. The number of H-pyrrole nitrogens is 1. The fourth-order valence-corrected chi connectivity index (χ4v) is 4.18. The van der Waals surface area contributed by atoms with Crippen LogP contribution in [0.15, 0.2) is 35.6 Å². The highest BCUT2D eigenvalue weighted by molar-refractivity contribution is 6.11. The molecule has 0 saturated carbocycles. The number of amidine groups is 1. The maximum atomic E-state index is 14.3. The number of carboxylic acids is 1. The molecule has 0 fully saturated rings. The number of carbonyl (C=O) groups is 1. The van der Waals surface area contributed by atoms with Gasteiger partial charge in [0.05, 0.1) is 11.9 Å². The van der Waals surface area contributed by atoms with Crippen LogP contribution in [0, 0.1) is 17.0 Å². The van der Waals surface area contributed by atoms with Crippen LogP contribution in [-0.4, -0.2) is 44.5 Å². The third-order valence-corrected chi connectivity index (χ3v) is 6.03. The van der Waals surface area contributed by atoms with Gasteiger partial charge in [-0.1, -0.05) is 20.8 Å². The third-order valence-electron chi connectivity index (χ3n) is 6.03. The van der Waals surface area contributed by atoms with Crippen molar-refractivity contribution in [2.24, 2.45) is 17.5 Å². The lowest BCUT2D eigenvalue weighted by Gasteiger charge is -2.40. The van der Waals surface area contributed by atoms with E-state index in [2.05, 4.69) is 10.3 Å². The van der Waals surface area contributed by atoms with E-state index >= 15 is 0 Å². The standard InChI is InChI=1S/C23H27F2N5O2/c1-23(2,3)17(10-18(31)32)27-21-13-6-7-29(4)20(13)28-22(30(21)5)15-11-26-19-14(15)8-12(24)9-16(19)25/h6-9,11,17,21,26-27H,10H2,1-5H3,(H,31,32)/t17-,21?/m0/s1. The molecular weight excluding hydrogens is 416 g/mol. The highest BCUT2D eigenvalue weighted by Gasteiger charge is 2.36. The molecule has 170 valence electrons. The number of halogens is 2. The summed E-state index contributed by atoms with van der Waals surface area (Å²) < 4.78 is 30.1. The van der Waals surface area contributed by atoms with Crippen LogP contribution < -0.4 is 5.32 Å². The zero-order valence-electron chi connectivity index (χ0n) is 18.7. The van der Waals surface area contributed by atoms with Gasteiger partial charge in [0.25, 0.3) is 0 Å². The molecule has 1 aliphatic rings. The second-order valence-corrected chi connectivity index (χ2v) is 9.35. The topological polar surface area (TPSA) is 85.7 Å². The number of aromatic amines is 1. The highest BCUT2D eigenvalue weighted by atomic mass is 19.1. The van der Waals surface area contributed by atoms with E-state index in [-0.39, 0.29) is 29.6 Å². The number of nitrogens with one attached hydrogen (secondary N) is 2. The fourth-order valence-electron chi connectivity index (χ4n) is 4.18. The molecule has 7 nitrogen and oxygen atoms in total. The van der Waals surface area contributed by atoms with Gasteiger partial charge >= 0.3 is 5.97 Å². The van der Waals surface area contributed by atoms with Crippen LogP contribution >= 0.6 is 0 Å². The summed E-state index contributed by atoms with van der Waals surface area (Å²) in [5.74, 6) is -1.01. The Labute approximate surface area is 184 Å². The van der Waals surface area contributed by atoms with Crippen molar-refractivity contribution in [3.05, 3.63) is 53.4 Å². The van der Waals surface area contributed by atoms with Gasteiger partial charge in [0.2, 0.25) is 0 Å². The molecule has 3 N–H and O–H groups in total. The van der Waals surface area contributed by atoms with Gasteiger partial charge in [-0.2, -0.15) is 0 Å². The van der Waals surface area contributed by atoms with Gasteiger partial charge < -0.3 is 19.6 Å². The normalized spacial score (nSPS) is 17.4. The van der Waals surface area contributed by atoms with E-state index < -0.39 is 17.6 Å². The number of carboxylic acid groups (broad SMARTS) is 1. The van der Waals surface area contributed by atoms with Gasteiger partial charge in [0, 0.05) is 55.1 Å². The first kappa shape index (κ1) is 22.0. The molecule has 0 saturated heterocycles. The zero-order chi connectivity index (χ0) is 23.4. The Morgan fingerprint density at radius 2 is 2.03 bits per heavy atom. The number of fused-ring (bicyclic) bond motifs is 2. The number of nitrogens with zero attached hydrogens (tertiary/aromatic N) is 3. The minimum atomic E-state index is -0.888. The Morgan fingerprint density at radius 1 is 1.31 bits per heavy atom. The van der Waals surface area contributed by atoms with Gasteiger partial charge in [-0.25, -0.2) is 13.8 Å². The third kappa shape index (κ3) is 3.77. The van der Waals surface area contributed by atoms with Gasteiger partial charge in [-0.05, 0) is 17.5 Å². The monoisotopic (exact) mass is 443 g/mol. The molecule has 0 amide bonds. The molecule has 0 spiro atoms. The van der Waals surface area contributed by atoms with E-state index in [4.69, 9.17) is 4.99 Å². The average Bonchev–Trinajstić information content (AvgIpc) is 3.25. The highest BCUT2D eigenvalue weighted by Crippen LogP contribution is 2.38. The Bertz CT molecular complexity index is 1220. The van der Waals surface area contributed by atoms with Crippen molar-refractivity contribution in [2.45, 2.75) is 39.4 Å². The van der Waals surface area contributed by atoms with E-state index in [1.807, 2.05) is 56.6 Å². The second kappa shape index (κ2) is 7.74. The summed E-state index contributed by atoms with van der Waals surface area (Å²) in [5, 5.41) is 13.4. The molecule has 1 aromatic carbocycles. The van der Waals surface area contributed by atoms with Crippen molar-refractivity contribution >= 4 is 28.5 Å². The SMILES string of the molecule is CN1C(c2c[nH]c3c(F)cc(F)cc23)=Nc2c(ccn2C)C1N[C@@H](CC(=O)O)C(C)(C)C. The maximum absolute atomic E-state index is 14.3. The molecule has 1 aliphatic heterocycles. The first-order valence-corrected chi connectivity index (χ1v) is 10.4. The Morgan fingerprint density at radius 3 is 2.69 bits per heavy atom. The lowest BCUT2D eigenvalue weighted by Crippen LogP contribution is -2.50. The van der Waals surface area contributed by atoms with Gasteiger partial charge in [0.15, 0.2) is 0 Å². The first-order valence-electron chi connectivity index (χ1n) is 10.4. The summed E-state index contributed by atoms with van der Waals surface area (Å²) in [7, 11) is 3.71. The summed E-state index contributed by atoms with van der Waals surface area (Å²) in [5.41, 5.74) is 1.34. The van der Waals surface area contributed by atoms with Crippen molar-refractivity contribution < 1.29 is 18.7 Å². The summed E-state index contributed by atoms with van der Waals surface area (Å²) in [6, 6.07) is 3.73. The minimum Gasteiger partial charge on any atom is -0.481 e. The maximum Gasteiger partial charge on any atom is 0.304 e. The van der Waals surface area contributed by atoms with Gasteiger partial charge in [-0.3, -0.25) is 10.1 Å². The molecule has 2 aromatic heterocycles. The van der Waals surface area contributed by atoms with Crippen molar-refractivity contribution in [3.63, 3.8) is 0 Å². The largest absolute Gasteiger partial charge is 0.481 e. The summed E-state index contributed by atoms with van der Waals surface area (Å²) in [4.78, 5) is 21.1. The van der Waals surface area contributed by atoms with Crippen LogP contribution in [0.3, 0.4) is 0 Å². The molecule has 3 aromatic rings. The molecule has 2 atom stereocenters. The molecule has 0 radical (unpaired) electrons. The summed E-state index contributed by atoms with van der Waals surface area (Å²) in [6.45, 7) is 5.97. The number of hydrogen-bond donors (Lipinski definition) is 3. The number of hydrogen-bond acceptors (Lipinski definition) is 4. The predicted octanol–water partition coefficient (Wildman–Crippen LogP) is 4.29. The number of benzene rings is 1. The number of aryl methyl sites for hydroxylation is 1. The minimum absolute atomic E-state index is 0.0496. The van der Waals surface area contributed by atoms with E-state index in [0.29, 0.717) is 22.6 Å². The number of aliphatic imine (C=N–C) groups is 1. The zero-order valence-corrected chi connectivity index (χ0v) is 18.7. The molecular formula is C23H27F2N5O2. The summed E-state index contributed by atoms with van der Waals surface area (Å²) in [6.07, 6.45) is 3.07. The summed E-state index contributed by atoms with van der Waals surface area (Å²) >= 11 is 0. The smallest absolute Gasteiger partial charge is 0.304 e. The van der Waals surface area contributed by atoms with Crippen LogP contribution in [0.2, 0.25) is 0 Å². The van der Waals surface area contributed by atoms with Crippen molar-refractivity contribution in [3.8, 4) is 0 Å². The van der Waals surface area contributed by atoms with E-state index in [0.717, 1.165) is 11.6 Å². The second-order valence-electron chi connectivity index (χ2n) is 9.35. The van der Waals surface area contributed by atoms with Crippen LogP contribution in [0.1, 0.15) is 44.5 Å². The van der Waals surface area contributed by atoms with Crippen molar-refractivity contribution in [2.75, 3.05) is 7.05 Å². The Balaban J connectivity index is 1.82. The lowest BCUT2D eigenvalue weighted by atomic mass is 9.84. The Kier molecular flexibility index (Phi) is 5.32. The molecule has 4 rings (SSSR count). The van der Waals surface area contributed by atoms with Crippen molar-refractivity contribution in [1.29, 1.82) is 0 Å². The fraction of sp³-hybridized carbons (Fsp3) is 0.391. The first-order chi connectivity index (χ1) is 15.0. The van der Waals surface area contributed by atoms with E-state index in [1.54, 1.807) is 6.20 Å². The van der Waals surface area contributed by atoms with Gasteiger partial charge in [0.1, 0.15) is 29.5 Å². The lowest BCUT2D eigenvalue weighted by molar-refractivity contribution is -0.138. The van der Waals surface area contributed by atoms with Gasteiger partial charge in [-0.15, -0.1) is 0 Å². The molecule has 32 heavy (non-hydrogen) atoms. The molecule has 1 unspecified atom stereocenters. The Hall–Kier alpha value is -3.20. The quantitative estimate of drug-likeness (QED) is 0.549. The van der Waals surface area contributed by atoms with Crippen LogP contribution in [0.5, 0.6) is 0 Å². The number of rotatable bonds is 5. The van der Waals surface area contributed by atoms with Crippen LogP contribution in [0.4, 0.5) is 14.6 Å². The number of aliphatic carboxylic acids is 1. The van der Waals surface area contributed by atoms with Crippen molar-refractivity contribution in [1.82, 2.24) is 19.8 Å². The molecule has 0 bridgehead atoms. The van der Waals surface area contributed by atoms with Crippen LogP contribution in [0.25, 0.3) is 10.9 Å². The van der Waals surface area contributed by atoms with Crippen LogP contribution in [-0.2, 0) is 11.8 Å². The number of aromatic nitrogens is 2. The average molecular weight is 443 g/mol. The molecule has 9 heteroatoms.